The molecule has 0 unspecified atom stereocenters. The molecule has 0 atom stereocenters. The van der Waals surface area contributed by atoms with Gasteiger partial charge < -0.3 is 14.3 Å². The first-order valence-corrected chi connectivity index (χ1v) is 9.14. The van der Waals surface area contributed by atoms with Crippen LogP contribution in [0.1, 0.15) is 32.4 Å². The van der Waals surface area contributed by atoms with E-state index in [1.54, 1.807) is 19.4 Å². The molecule has 0 saturated heterocycles. The first-order chi connectivity index (χ1) is 12.3. The predicted molar refractivity (Wildman–Crippen MR) is 100 cm³/mol. The van der Waals surface area contributed by atoms with Crippen molar-refractivity contribution < 1.29 is 14.3 Å². The summed E-state index contributed by atoms with van der Waals surface area (Å²) < 4.78 is 11.0. The number of nitrogens with zero attached hydrogens (tertiary/aromatic N) is 3. The summed E-state index contributed by atoms with van der Waals surface area (Å²) in [4.78, 5) is 12.9. The Kier molecular flexibility index (Phi) is 5.18. The lowest BCUT2D eigenvalue weighted by molar-refractivity contribution is 0.414. The van der Waals surface area contributed by atoms with Crippen molar-refractivity contribution in [2.45, 2.75) is 37.1 Å². The van der Waals surface area contributed by atoms with Gasteiger partial charge in [0.15, 0.2) is 10.9 Å². The zero-order valence-electron chi connectivity index (χ0n) is 15.2. The lowest BCUT2D eigenvalue weighted by Gasteiger charge is -2.17. The number of aromatic nitrogens is 3. The molecule has 0 spiro atoms. The van der Waals surface area contributed by atoms with Gasteiger partial charge >= 0.3 is 0 Å². The molecule has 136 valence electrons. The molecule has 0 amide bonds. The van der Waals surface area contributed by atoms with Gasteiger partial charge in [0, 0.05) is 17.0 Å². The van der Waals surface area contributed by atoms with E-state index in [9.17, 15) is 5.11 Å². The molecule has 0 aliphatic heterocycles. The number of aromatic hydroxyl groups is 1. The van der Waals surface area contributed by atoms with Crippen LogP contribution in [0.4, 0.5) is 0 Å². The third kappa shape index (κ3) is 4.35. The molecular weight excluding hydrogens is 350 g/mol. The van der Waals surface area contributed by atoms with E-state index in [1.165, 1.54) is 11.8 Å². The summed E-state index contributed by atoms with van der Waals surface area (Å²) in [6.07, 6.45) is 1.69. The maximum atomic E-state index is 9.84. The van der Waals surface area contributed by atoms with Crippen LogP contribution in [-0.4, -0.2) is 27.2 Å². The second-order valence-electron chi connectivity index (χ2n) is 6.78. The fourth-order valence-electron chi connectivity index (χ4n) is 2.27. The Morgan fingerprint density at radius 3 is 2.73 bits per heavy atom. The summed E-state index contributed by atoms with van der Waals surface area (Å²) in [6, 6.07) is 9.21. The number of ether oxygens (including phenoxy) is 1. The number of methoxy groups -OCH3 is 1. The molecule has 3 aromatic rings. The Morgan fingerprint density at radius 2 is 2.00 bits per heavy atom. The summed E-state index contributed by atoms with van der Waals surface area (Å²) in [5, 5.41) is 10.3. The van der Waals surface area contributed by atoms with Gasteiger partial charge in [-0.2, -0.15) is 4.98 Å². The van der Waals surface area contributed by atoms with Crippen LogP contribution in [0.3, 0.4) is 0 Å². The number of hydrogen-bond acceptors (Lipinski definition) is 7. The van der Waals surface area contributed by atoms with Gasteiger partial charge in [-0.25, -0.2) is 9.97 Å². The van der Waals surface area contributed by atoms with Gasteiger partial charge in [-0.05, 0) is 12.1 Å². The van der Waals surface area contributed by atoms with Crippen LogP contribution >= 0.6 is 11.8 Å². The molecule has 0 bridgehead atoms. The van der Waals surface area contributed by atoms with Crippen molar-refractivity contribution >= 4 is 11.8 Å². The van der Waals surface area contributed by atoms with E-state index in [1.807, 2.05) is 45.0 Å². The van der Waals surface area contributed by atoms with Gasteiger partial charge in [0.2, 0.25) is 11.8 Å². The molecule has 0 aliphatic rings. The van der Waals surface area contributed by atoms with Gasteiger partial charge in [0.25, 0.3) is 0 Å². The fraction of sp³-hybridized carbons (Fsp3) is 0.316. The minimum absolute atomic E-state index is 0.0306. The smallest absolute Gasteiger partial charge is 0.215 e. The number of benzene rings is 1. The molecule has 1 N–H and O–H groups in total. The maximum Gasteiger partial charge on any atom is 0.215 e. The van der Waals surface area contributed by atoms with Gasteiger partial charge in [-0.3, -0.25) is 0 Å². The molecule has 7 heteroatoms. The van der Waals surface area contributed by atoms with Crippen molar-refractivity contribution in [2.24, 2.45) is 0 Å². The Balaban J connectivity index is 1.73. The lowest BCUT2D eigenvalue weighted by atomic mass is 9.92. The third-order valence-corrected chi connectivity index (χ3v) is 4.53. The second-order valence-corrected chi connectivity index (χ2v) is 7.73. The minimum Gasteiger partial charge on any atom is -0.497 e. The summed E-state index contributed by atoms with van der Waals surface area (Å²) in [6.45, 7) is 6.12. The van der Waals surface area contributed by atoms with Gasteiger partial charge in [0.1, 0.15) is 5.75 Å². The third-order valence-electron chi connectivity index (χ3n) is 3.69. The van der Waals surface area contributed by atoms with Crippen molar-refractivity contribution in [1.29, 1.82) is 0 Å². The van der Waals surface area contributed by atoms with Crippen LogP contribution in [0.15, 0.2) is 46.1 Å². The highest BCUT2D eigenvalue weighted by molar-refractivity contribution is 7.98. The molecule has 0 radical (unpaired) electrons. The highest BCUT2D eigenvalue weighted by Crippen LogP contribution is 2.29. The van der Waals surface area contributed by atoms with Crippen LogP contribution in [-0.2, 0) is 11.2 Å². The quantitative estimate of drug-likeness (QED) is 0.524. The highest BCUT2D eigenvalue weighted by atomic mass is 32.2. The van der Waals surface area contributed by atoms with Crippen LogP contribution < -0.4 is 4.74 Å². The summed E-state index contributed by atoms with van der Waals surface area (Å²) >= 11 is 1.37. The molecule has 6 nitrogen and oxygen atoms in total. The Hall–Kier alpha value is -2.54. The van der Waals surface area contributed by atoms with E-state index in [2.05, 4.69) is 15.0 Å². The molecule has 26 heavy (non-hydrogen) atoms. The molecular formula is C19H21N3O3S. The standard InChI is InChI=1S/C19H21N3O3S/c1-19(2,3)15-9-16(23)22-18(21-15)26-11-17-20-10-14(25-17)12-6-5-7-13(8-12)24-4/h5-10H,11H2,1-4H3,(H,21,22,23). The number of thioether (sulfide) groups is 1. The van der Waals surface area contributed by atoms with Crippen LogP contribution in [0.25, 0.3) is 11.3 Å². The maximum absolute atomic E-state index is 9.84. The van der Waals surface area contributed by atoms with Crippen molar-refractivity contribution in [3.8, 4) is 23.0 Å². The first-order valence-electron chi connectivity index (χ1n) is 8.15. The van der Waals surface area contributed by atoms with Gasteiger partial charge in [-0.15, -0.1) is 0 Å². The zero-order chi connectivity index (χ0) is 18.7. The van der Waals surface area contributed by atoms with Crippen molar-refractivity contribution in [3.05, 3.63) is 48.1 Å². The van der Waals surface area contributed by atoms with Crippen LogP contribution in [0.5, 0.6) is 11.6 Å². The normalized spacial score (nSPS) is 11.5. The van der Waals surface area contributed by atoms with Crippen molar-refractivity contribution in [1.82, 2.24) is 15.0 Å². The molecule has 0 fully saturated rings. The number of rotatable bonds is 5. The highest BCUT2D eigenvalue weighted by Gasteiger charge is 2.18. The Bertz CT molecular complexity index is 903. The monoisotopic (exact) mass is 371 g/mol. The topological polar surface area (TPSA) is 81.3 Å². The average molecular weight is 371 g/mol. The van der Waals surface area contributed by atoms with E-state index in [4.69, 9.17) is 9.15 Å². The minimum atomic E-state index is -0.168. The molecule has 2 aromatic heterocycles. The average Bonchev–Trinajstić information content (AvgIpc) is 3.08. The van der Waals surface area contributed by atoms with Crippen LogP contribution in [0.2, 0.25) is 0 Å². The van der Waals surface area contributed by atoms with Gasteiger partial charge in [0.05, 0.1) is 24.8 Å². The van der Waals surface area contributed by atoms with E-state index < -0.39 is 0 Å². The SMILES string of the molecule is COc1cccc(-c2cnc(CSc3nc(O)cc(C(C)(C)C)n3)o2)c1. The predicted octanol–water partition coefficient (Wildman–Crippen LogP) is 4.44. The van der Waals surface area contributed by atoms with E-state index in [0.29, 0.717) is 22.6 Å². The first kappa shape index (κ1) is 18.3. The van der Waals surface area contributed by atoms with E-state index in [0.717, 1.165) is 17.0 Å². The summed E-state index contributed by atoms with van der Waals surface area (Å²) in [7, 11) is 1.63. The van der Waals surface area contributed by atoms with E-state index in [-0.39, 0.29) is 11.3 Å². The Morgan fingerprint density at radius 1 is 1.19 bits per heavy atom. The van der Waals surface area contributed by atoms with Crippen LogP contribution in [0, 0.1) is 0 Å². The Labute approximate surface area is 156 Å². The molecule has 3 rings (SSSR count). The number of oxazole rings is 1. The molecule has 0 saturated carbocycles. The summed E-state index contributed by atoms with van der Waals surface area (Å²) in [5.41, 5.74) is 1.52. The zero-order valence-corrected chi connectivity index (χ0v) is 16.0. The molecule has 0 aliphatic carbocycles. The lowest BCUT2D eigenvalue weighted by Crippen LogP contribution is -2.14. The molecule has 1 aromatic carbocycles. The molecule has 2 heterocycles. The van der Waals surface area contributed by atoms with Crippen molar-refractivity contribution in [2.75, 3.05) is 7.11 Å². The van der Waals surface area contributed by atoms with Gasteiger partial charge in [-0.1, -0.05) is 44.7 Å². The van der Waals surface area contributed by atoms with E-state index >= 15 is 0 Å². The largest absolute Gasteiger partial charge is 0.497 e. The number of hydrogen-bond donors (Lipinski definition) is 1. The summed E-state index contributed by atoms with van der Waals surface area (Å²) in [5.74, 6) is 2.44. The van der Waals surface area contributed by atoms with Crippen molar-refractivity contribution in [3.63, 3.8) is 0 Å². The second kappa shape index (κ2) is 7.37. The fourth-order valence-corrected chi connectivity index (χ4v) is 2.98.